The number of amides is 1. The van der Waals surface area contributed by atoms with Gasteiger partial charge in [0.25, 0.3) is 5.56 Å². The average molecular weight is 499 g/mol. The second kappa shape index (κ2) is 9.83. The number of fused-ring (bicyclic) bond motifs is 3. The van der Waals surface area contributed by atoms with E-state index in [4.69, 9.17) is 16.6 Å². The minimum Gasteiger partial charge on any atom is -0.353 e. The molecular formula is C24H23ClN4O2S2. The third-order valence-corrected chi connectivity index (χ3v) is 8.34. The summed E-state index contributed by atoms with van der Waals surface area (Å²) >= 11 is 9.02. The predicted octanol–water partition coefficient (Wildman–Crippen LogP) is 5.25. The van der Waals surface area contributed by atoms with Crippen LogP contribution >= 0.6 is 34.7 Å². The highest BCUT2D eigenvalue weighted by molar-refractivity contribution is 7.99. The van der Waals surface area contributed by atoms with Crippen LogP contribution in [0.5, 0.6) is 0 Å². The van der Waals surface area contributed by atoms with E-state index in [2.05, 4.69) is 10.3 Å². The maximum atomic E-state index is 13.5. The third-order valence-electron chi connectivity index (χ3n) is 5.91. The molecular weight excluding hydrogens is 476 g/mol. The van der Waals surface area contributed by atoms with Gasteiger partial charge in [0.1, 0.15) is 9.53 Å². The fourth-order valence-corrected chi connectivity index (χ4v) is 6.26. The highest BCUT2D eigenvalue weighted by atomic mass is 35.5. The van der Waals surface area contributed by atoms with E-state index in [0.717, 1.165) is 41.5 Å². The maximum absolute atomic E-state index is 13.5. The van der Waals surface area contributed by atoms with Crippen LogP contribution < -0.4 is 10.9 Å². The van der Waals surface area contributed by atoms with Crippen LogP contribution in [0.15, 0.2) is 52.5 Å². The van der Waals surface area contributed by atoms with Crippen LogP contribution in [-0.2, 0) is 11.3 Å². The highest BCUT2D eigenvalue weighted by Crippen LogP contribution is 2.31. The van der Waals surface area contributed by atoms with E-state index in [9.17, 15) is 9.59 Å². The molecule has 1 aromatic carbocycles. The second-order valence-electron chi connectivity index (χ2n) is 8.20. The van der Waals surface area contributed by atoms with E-state index < -0.39 is 0 Å². The quantitative estimate of drug-likeness (QED) is 0.290. The number of rotatable bonds is 6. The monoisotopic (exact) mass is 498 g/mol. The Balaban J connectivity index is 1.50. The predicted molar refractivity (Wildman–Crippen MR) is 135 cm³/mol. The number of aromatic nitrogens is 3. The number of nitrogens with zero attached hydrogens (tertiary/aromatic N) is 3. The Labute approximate surface area is 204 Å². The lowest BCUT2D eigenvalue weighted by atomic mass is 9.95. The smallest absolute Gasteiger partial charge is 0.272 e. The molecule has 5 rings (SSSR count). The van der Waals surface area contributed by atoms with E-state index in [1.165, 1.54) is 29.5 Å². The fourth-order valence-electron chi connectivity index (χ4n) is 4.23. The molecule has 0 atom stereocenters. The van der Waals surface area contributed by atoms with Crippen molar-refractivity contribution in [3.05, 3.63) is 63.5 Å². The number of hydrogen-bond acceptors (Lipinski definition) is 6. The molecule has 1 aliphatic carbocycles. The van der Waals surface area contributed by atoms with E-state index in [-0.39, 0.29) is 29.8 Å². The third kappa shape index (κ3) is 4.78. The van der Waals surface area contributed by atoms with Gasteiger partial charge in [-0.1, -0.05) is 60.8 Å². The van der Waals surface area contributed by atoms with Gasteiger partial charge in [0.05, 0.1) is 17.8 Å². The summed E-state index contributed by atoms with van der Waals surface area (Å²) in [6, 6.07) is 11.5. The summed E-state index contributed by atoms with van der Waals surface area (Å²) < 4.78 is 2.18. The molecule has 0 unspecified atom stereocenters. The van der Waals surface area contributed by atoms with Crippen molar-refractivity contribution in [2.24, 2.45) is 0 Å². The van der Waals surface area contributed by atoms with Crippen molar-refractivity contribution in [2.45, 2.75) is 49.8 Å². The van der Waals surface area contributed by atoms with Crippen LogP contribution in [0.3, 0.4) is 0 Å². The maximum Gasteiger partial charge on any atom is 0.272 e. The largest absolute Gasteiger partial charge is 0.353 e. The molecule has 1 aliphatic rings. The molecule has 1 saturated carbocycles. The minimum absolute atomic E-state index is 0.0256. The summed E-state index contributed by atoms with van der Waals surface area (Å²) in [5.74, 6) is 0.180. The average Bonchev–Trinajstić information content (AvgIpc) is 3.20. The second-order valence-corrected chi connectivity index (χ2v) is 10.6. The van der Waals surface area contributed by atoms with Gasteiger partial charge >= 0.3 is 0 Å². The highest BCUT2D eigenvalue weighted by Gasteiger charge is 2.20. The number of hydrogen-bond donors (Lipinski definition) is 1. The van der Waals surface area contributed by atoms with Gasteiger partial charge < -0.3 is 5.32 Å². The lowest BCUT2D eigenvalue weighted by Gasteiger charge is -2.22. The Hall–Kier alpha value is -2.42. The van der Waals surface area contributed by atoms with Crippen molar-refractivity contribution in [2.75, 3.05) is 5.75 Å². The number of carbonyl (C=O) groups excluding carboxylic acids is 1. The molecule has 1 amide bonds. The number of nitrogens with one attached hydrogen (secondary N) is 1. The van der Waals surface area contributed by atoms with Crippen molar-refractivity contribution < 1.29 is 4.79 Å². The van der Waals surface area contributed by atoms with Crippen LogP contribution in [-0.4, -0.2) is 32.2 Å². The summed E-state index contributed by atoms with van der Waals surface area (Å²) in [5, 5.41) is 5.09. The molecule has 1 fully saturated rings. The van der Waals surface area contributed by atoms with Gasteiger partial charge in [0.15, 0.2) is 5.16 Å². The van der Waals surface area contributed by atoms with Crippen molar-refractivity contribution in [3.8, 4) is 0 Å². The Morgan fingerprint density at radius 2 is 2.00 bits per heavy atom. The zero-order valence-electron chi connectivity index (χ0n) is 17.9. The van der Waals surface area contributed by atoms with Crippen molar-refractivity contribution in [3.63, 3.8) is 0 Å². The molecule has 1 N–H and O–H groups in total. The molecule has 6 nitrogen and oxygen atoms in total. The normalized spacial score (nSPS) is 14.7. The lowest BCUT2D eigenvalue weighted by molar-refractivity contribution is -0.119. The van der Waals surface area contributed by atoms with Crippen molar-refractivity contribution in [1.82, 2.24) is 19.9 Å². The molecule has 0 saturated heterocycles. The molecule has 170 valence electrons. The van der Waals surface area contributed by atoms with Crippen molar-refractivity contribution in [1.29, 1.82) is 0 Å². The van der Waals surface area contributed by atoms with Gasteiger partial charge in [-0.15, -0.1) is 11.3 Å². The first kappa shape index (κ1) is 22.4. The number of thioether (sulfide) groups is 1. The molecule has 0 aliphatic heterocycles. The Bertz CT molecular complexity index is 1380. The number of carbonyl (C=O) groups is 1. The first-order valence-electron chi connectivity index (χ1n) is 11.0. The van der Waals surface area contributed by atoms with Crippen LogP contribution in [0.1, 0.15) is 37.7 Å². The molecule has 0 bridgehead atoms. The fraction of sp³-hybridized carbons (Fsp3) is 0.333. The lowest BCUT2D eigenvalue weighted by Crippen LogP contribution is -2.37. The van der Waals surface area contributed by atoms with Gasteiger partial charge in [0.2, 0.25) is 5.91 Å². The van der Waals surface area contributed by atoms with Gasteiger partial charge in [-0.2, -0.15) is 0 Å². The molecule has 3 aromatic heterocycles. The zero-order valence-corrected chi connectivity index (χ0v) is 20.3. The van der Waals surface area contributed by atoms with E-state index in [0.29, 0.717) is 20.4 Å². The first-order chi connectivity index (χ1) is 16.1. The number of pyridine rings is 1. The topological polar surface area (TPSA) is 76.9 Å². The Kier molecular flexibility index (Phi) is 6.66. The van der Waals surface area contributed by atoms with E-state index in [1.54, 1.807) is 10.8 Å². The van der Waals surface area contributed by atoms with Gasteiger partial charge in [-0.05, 0) is 36.6 Å². The molecule has 0 radical (unpaired) electrons. The standard InChI is InChI=1S/C24H23ClN4O2S2/c25-18-11-5-4-7-15(18)13-29-23(31)21-20(17-10-6-12-26-22(17)33-21)28-24(29)32-14-19(30)27-16-8-2-1-3-9-16/h4-7,10-12,16H,1-3,8-9,13-14H2,(H,27,30). The molecule has 4 aromatic rings. The number of thiophene rings is 1. The number of benzene rings is 1. The zero-order chi connectivity index (χ0) is 22.8. The van der Waals surface area contributed by atoms with Crippen LogP contribution in [0.4, 0.5) is 0 Å². The summed E-state index contributed by atoms with van der Waals surface area (Å²) in [6.07, 6.45) is 7.34. The van der Waals surface area contributed by atoms with Crippen LogP contribution in [0.2, 0.25) is 5.02 Å². The van der Waals surface area contributed by atoms with Gasteiger partial charge in [-0.3, -0.25) is 14.2 Å². The molecule has 9 heteroatoms. The van der Waals surface area contributed by atoms with Crippen LogP contribution in [0, 0.1) is 0 Å². The minimum atomic E-state index is -0.141. The SMILES string of the molecule is O=C(CSc1nc2c(sc3ncccc32)c(=O)n1Cc1ccccc1Cl)NC1CCCCC1. The van der Waals surface area contributed by atoms with Crippen molar-refractivity contribution >= 4 is 61.0 Å². The Morgan fingerprint density at radius 1 is 1.18 bits per heavy atom. The summed E-state index contributed by atoms with van der Waals surface area (Å²) in [5.41, 5.74) is 1.33. The summed E-state index contributed by atoms with van der Waals surface area (Å²) in [6.45, 7) is 0.287. The molecule has 33 heavy (non-hydrogen) atoms. The van der Waals surface area contributed by atoms with Crippen LogP contribution in [0.25, 0.3) is 20.4 Å². The van der Waals surface area contributed by atoms with E-state index in [1.807, 2.05) is 36.4 Å². The summed E-state index contributed by atoms with van der Waals surface area (Å²) in [4.78, 5) is 36.2. The Morgan fingerprint density at radius 3 is 2.82 bits per heavy atom. The molecule has 0 spiro atoms. The van der Waals surface area contributed by atoms with Gasteiger partial charge in [-0.25, -0.2) is 9.97 Å². The summed E-state index contributed by atoms with van der Waals surface area (Å²) in [7, 11) is 0. The number of halogens is 1. The first-order valence-corrected chi connectivity index (χ1v) is 13.2. The van der Waals surface area contributed by atoms with E-state index >= 15 is 0 Å². The molecule has 3 heterocycles. The van der Waals surface area contributed by atoms with Gasteiger partial charge in [0, 0.05) is 22.6 Å².